The van der Waals surface area contributed by atoms with Crippen LogP contribution >= 0.6 is 0 Å². The molecule has 1 amide bonds. The molecule has 1 fully saturated rings. The highest BCUT2D eigenvalue weighted by Gasteiger charge is 2.32. The Morgan fingerprint density at radius 2 is 2.18 bits per heavy atom. The zero-order valence-corrected chi connectivity index (χ0v) is 9.54. The number of benzene rings is 1. The molecule has 1 aromatic carbocycles. The minimum absolute atomic E-state index is 0.0378. The molecule has 0 spiro atoms. The highest BCUT2D eigenvalue weighted by atomic mass is 16.6. The summed E-state index contributed by atoms with van der Waals surface area (Å²) in [7, 11) is 0. The average Bonchev–Trinajstić information content (AvgIpc) is 2.33. The van der Waals surface area contributed by atoms with Gasteiger partial charge < -0.3 is 14.4 Å². The maximum absolute atomic E-state index is 11.7. The Labute approximate surface area is 100 Å². The molecule has 0 aliphatic carbocycles. The van der Waals surface area contributed by atoms with Gasteiger partial charge in [0.25, 0.3) is 0 Å². The first-order chi connectivity index (χ1) is 8.31. The summed E-state index contributed by atoms with van der Waals surface area (Å²) in [5, 5.41) is 0. The first-order valence-electron chi connectivity index (χ1n) is 5.72. The molecule has 1 heterocycles. The molecule has 0 bridgehead atoms. The normalized spacial score (nSPS) is 18.4. The number of aldehydes is 1. The number of carbonyl (C=O) groups excluding carboxylic acids is 2. The topological polar surface area (TPSA) is 46.6 Å². The van der Waals surface area contributed by atoms with Gasteiger partial charge in [0.1, 0.15) is 12.9 Å². The molecule has 17 heavy (non-hydrogen) atoms. The Balaban J connectivity index is 1.80. The lowest BCUT2D eigenvalue weighted by molar-refractivity contribution is -0.109. The van der Waals surface area contributed by atoms with Gasteiger partial charge in [-0.05, 0) is 12.0 Å². The average molecular weight is 233 g/mol. The van der Waals surface area contributed by atoms with Crippen molar-refractivity contribution in [1.82, 2.24) is 4.90 Å². The van der Waals surface area contributed by atoms with E-state index in [2.05, 4.69) is 0 Å². The van der Waals surface area contributed by atoms with E-state index in [9.17, 15) is 9.59 Å². The number of hydrogen-bond acceptors (Lipinski definition) is 3. The highest BCUT2D eigenvalue weighted by Crippen LogP contribution is 2.20. The summed E-state index contributed by atoms with van der Waals surface area (Å²) >= 11 is 0. The Morgan fingerprint density at radius 1 is 1.41 bits per heavy atom. The third-order valence-electron chi connectivity index (χ3n) is 2.95. The molecule has 1 aliphatic heterocycles. The number of nitrogens with zero attached hydrogens (tertiary/aromatic N) is 1. The van der Waals surface area contributed by atoms with Gasteiger partial charge in [-0.1, -0.05) is 30.3 Å². The zero-order chi connectivity index (χ0) is 12.1. The third kappa shape index (κ3) is 2.84. The Morgan fingerprint density at radius 3 is 2.76 bits per heavy atom. The van der Waals surface area contributed by atoms with E-state index in [1.54, 1.807) is 4.90 Å². The number of rotatable bonds is 4. The number of ether oxygens (including phenoxy) is 1. The Kier molecular flexibility index (Phi) is 3.75. The fourth-order valence-corrected chi connectivity index (χ4v) is 1.84. The molecule has 2 rings (SSSR count). The number of hydrogen-bond donors (Lipinski definition) is 0. The molecule has 1 aromatic rings. The van der Waals surface area contributed by atoms with E-state index < -0.39 is 0 Å². The van der Waals surface area contributed by atoms with Crippen molar-refractivity contribution in [2.24, 2.45) is 0 Å². The van der Waals surface area contributed by atoms with Crippen LogP contribution < -0.4 is 0 Å². The zero-order valence-electron chi connectivity index (χ0n) is 9.54. The van der Waals surface area contributed by atoms with Gasteiger partial charge in [-0.25, -0.2) is 4.79 Å². The summed E-state index contributed by atoms with van der Waals surface area (Å²) in [6, 6.07) is 9.58. The molecule has 0 saturated carbocycles. The molecule has 0 aromatic heterocycles. The lowest BCUT2D eigenvalue weighted by Gasteiger charge is -2.38. The molecule has 0 radical (unpaired) electrons. The van der Waals surface area contributed by atoms with Crippen LogP contribution in [0.5, 0.6) is 0 Å². The van der Waals surface area contributed by atoms with Crippen LogP contribution in [0.4, 0.5) is 4.79 Å². The lowest BCUT2D eigenvalue weighted by atomic mass is 10.0. The van der Waals surface area contributed by atoms with Crippen molar-refractivity contribution in [3.63, 3.8) is 0 Å². The van der Waals surface area contributed by atoms with Crippen molar-refractivity contribution in [1.29, 1.82) is 0 Å². The fraction of sp³-hybridized carbons (Fsp3) is 0.385. The lowest BCUT2D eigenvalue weighted by Crippen LogP contribution is -2.51. The van der Waals surface area contributed by atoms with E-state index >= 15 is 0 Å². The van der Waals surface area contributed by atoms with Crippen molar-refractivity contribution in [2.75, 3.05) is 6.54 Å². The van der Waals surface area contributed by atoms with Crippen molar-refractivity contribution in [3.05, 3.63) is 35.9 Å². The van der Waals surface area contributed by atoms with Crippen LogP contribution in [-0.4, -0.2) is 29.9 Å². The third-order valence-corrected chi connectivity index (χ3v) is 2.95. The number of likely N-dealkylation sites (tertiary alicyclic amines) is 1. The van der Waals surface area contributed by atoms with Crippen molar-refractivity contribution < 1.29 is 14.3 Å². The maximum Gasteiger partial charge on any atom is 0.410 e. The van der Waals surface area contributed by atoms with Gasteiger partial charge in [0, 0.05) is 19.0 Å². The summed E-state index contributed by atoms with van der Waals surface area (Å²) in [6.45, 7) is 0.968. The monoisotopic (exact) mass is 233 g/mol. The van der Waals surface area contributed by atoms with Crippen molar-refractivity contribution in [2.45, 2.75) is 25.5 Å². The van der Waals surface area contributed by atoms with Gasteiger partial charge in [-0.3, -0.25) is 0 Å². The Bertz CT molecular complexity index is 391. The van der Waals surface area contributed by atoms with Gasteiger partial charge in [-0.2, -0.15) is 0 Å². The summed E-state index contributed by atoms with van der Waals surface area (Å²) in [5.41, 5.74) is 0.966. The van der Waals surface area contributed by atoms with Crippen molar-refractivity contribution in [3.8, 4) is 0 Å². The molecule has 1 aliphatic rings. The van der Waals surface area contributed by atoms with Gasteiger partial charge in [0.2, 0.25) is 0 Å². The molecule has 4 nitrogen and oxygen atoms in total. The highest BCUT2D eigenvalue weighted by molar-refractivity contribution is 5.70. The molecule has 1 atom stereocenters. The van der Waals surface area contributed by atoms with Crippen LogP contribution in [-0.2, 0) is 16.1 Å². The van der Waals surface area contributed by atoms with Gasteiger partial charge >= 0.3 is 6.09 Å². The van der Waals surface area contributed by atoms with Crippen LogP contribution in [0.2, 0.25) is 0 Å². The van der Waals surface area contributed by atoms with E-state index in [0.29, 0.717) is 13.0 Å². The van der Waals surface area contributed by atoms with Gasteiger partial charge in [0.05, 0.1) is 0 Å². The van der Waals surface area contributed by atoms with Gasteiger partial charge in [0.15, 0.2) is 0 Å². The molecular formula is C13H15NO3. The SMILES string of the molecule is O=CCC1CCN1C(=O)OCc1ccccc1. The smallest absolute Gasteiger partial charge is 0.410 e. The first kappa shape index (κ1) is 11.6. The molecular weight excluding hydrogens is 218 g/mol. The van der Waals surface area contributed by atoms with Crippen molar-refractivity contribution >= 4 is 12.4 Å². The maximum atomic E-state index is 11.7. The number of amides is 1. The second-order valence-corrected chi connectivity index (χ2v) is 4.08. The first-order valence-corrected chi connectivity index (χ1v) is 5.72. The summed E-state index contributed by atoms with van der Waals surface area (Å²) in [4.78, 5) is 23.7. The Hall–Kier alpha value is -1.84. The summed E-state index contributed by atoms with van der Waals surface area (Å²) in [5.74, 6) is 0. The minimum Gasteiger partial charge on any atom is -0.445 e. The second kappa shape index (κ2) is 5.48. The second-order valence-electron chi connectivity index (χ2n) is 4.08. The predicted molar refractivity (Wildman–Crippen MR) is 62.4 cm³/mol. The predicted octanol–water partition coefficient (Wildman–Crippen LogP) is 1.99. The van der Waals surface area contributed by atoms with Crippen LogP contribution in [0.1, 0.15) is 18.4 Å². The van der Waals surface area contributed by atoms with Gasteiger partial charge in [-0.15, -0.1) is 0 Å². The van der Waals surface area contributed by atoms with E-state index in [1.165, 1.54) is 0 Å². The van der Waals surface area contributed by atoms with E-state index in [-0.39, 0.29) is 18.7 Å². The quantitative estimate of drug-likeness (QED) is 0.747. The molecule has 1 saturated heterocycles. The van der Waals surface area contributed by atoms with Crippen LogP contribution in [0.25, 0.3) is 0 Å². The van der Waals surface area contributed by atoms with E-state index in [0.717, 1.165) is 18.3 Å². The molecule has 4 heteroatoms. The summed E-state index contributed by atoms with van der Waals surface area (Å²) < 4.78 is 5.18. The largest absolute Gasteiger partial charge is 0.445 e. The standard InChI is InChI=1S/C13H15NO3/c15-9-7-12-6-8-14(12)13(16)17-10-11-4-2-1-3-5-11/h1-5,9,12H,6-8,10H2. The molecule has 1 unspecified atom stereocenters. The number of carbonyl (C=O) groups is 2. The summed E-state index contributed by atoms with van der Waals surface area (Å²) in [6.07, 6.45) is 1.81. The van der Waals surface area contributed by atoms with Crippen LogP contribution in [0.15, 0.2) is 30.3 Å². The minimum atomic E-state index is -0.327. The van der Waals surface area contributed by atoms with Crippen LogP contribution in [0, 0.1) is 0 Å². The van der Waals surface area contributed by atoms with E-state index in [1.807, 2.05) is 30.3 Å². The van der Waals surface area contributed by atoms with E-state index in [4.69, 9.17) is 4.74 Å². The molecule has 90 valence electrons. The fourth-order valence-electron chi connectivity index (χ4n) is 1.84. The molecule has 0 N–H and O–H groups in total. The van der Waals surface area contributed by atoms with Crippen LogP contribution in [0.3, 0.4) is 0 Å².